The van der Waals surface area contributed by atoms with Gasteiger partial charge in [0, 0.05) is 50.0 Å². The number of pyridine rings is 1. The van der Waals surface area contributed by atoms with Crippen molar-refractivity contribution in [1.29, 1.82) is 0 Å². The number of sulfonamides is 1. The van der Waals surface area contributed by atoms with E-state index in [1.807, 2.05) is 11.8 Å². The molecule has 1 aromatic carbocycles. The van der Waals surface area contributed by atoms with Gasteiger partial charge in [-0.1, -0.05) is 12.1 Å². The van der Waals surface area contributed by atoms with Crippen LogP contribution in [0, 0.1) is 5.82 Å². The predicted molar refractivity (Wildman–Crippen MR) is 122 cm³/mol. The minimum Gasteiger partial charge on any atom is -0.377 e. The summed E-state index contributed by atoms with van der Waals surface area (Å²) in [6.07, 6.45) is -4.76. The number of halogens is 4. The molecule has 1 aromatic heterocycles. The molecular formula is C22H26F4N4O4S. The molecule has 2 saturated heterocycles. The van der Waals surface area contributed by atoms with Gasteiger partial charge in [-0.2, -0.15) is 17.5 Å². The third kappa shape index (κ3) is 5.78. The topological polar surface area (TPSA) is 85.9 Å². The van der Waals surface area contributed by atoms with Gasteiger partial charge in [0.05, 0.1) is 19.0 Å². The number of aromatic nitrogens is 1. The molecule has 13 heteroatoms. The summed E-state index contributed by atoms with van der Waals surface area (Å²) < 4.78 is 87.4. The standard InChI is InChI=1S/C22H26F4N4O4S/c1-15-13-34-9-8-29(15)18-10-20(27-21(31)11-18)30-7-6-28(12-19(30)22(24,25)26)35(32,33)14-16-2-4-17(23)5-3-16/h2-5,10-11,15,19H,6-9,12-14H2,1H3,(H,27,31). The van der Waals surface area contributed by atoms with E-state index >= 15 is 0 Å². The van der Waals surface area contributed by atoms with Gasteiger partial charge in [0.1, 0.15) is 17.7 Å². The van der Waals surface area contributed by atoms with Crippen molar-refractivity contribution in [2.75, 3.05) is 49.2 Å². The molecule has 0 bridgehead atoms. The molecule has 2 aromatic rings. The van der Waals surface area contributed by atoms with Crippen molar-refractivity contribution >= 4 is 21.5 Å². The molecule has 0 amide bonds. The summed E-state index contributed by atoms with van der Waals surface area (Å²) in [6.45, 7) is 1.94. The van der Waals surface area contributed by atoms with Crippen molar-refractivity contribution in [3.63, 3.8) is 0 Å². The van der Waals surface area contributed by atoms with E-state index in [0.29, 0.717) is 25.4 Å². The maximum absolute atomic E-state index is 14.1. The molecule has 0 spiro atoms. The number of piperazine rings is 1. The van der Waals surface area contributed by atoms with Crippen LogP contribution < -0.4 is 15.4 Å². The van der Waals surface area contributed by atoms with Gasteiger partial charge >= 0.3 is 6.18 Å². The van der Waals surface area contributed by atoms with Crippen LogP contribution in [-0.4, -0.2) is 75.4 Å². The van der Waals surface area contributed by atoms with E-state index in [0.717, 1.165) is 21.3 Å². The summed E-state index contributed by atoms with van der Waals surface area (Å²) in [7, 11) is -4.10. The summed E-state index contributed by atoms with van der Waals surface area (Å²) in [5, 5.41) is 0. The van der Waals surface area contributed by atoms with Crippen LogP contribution in [0.4, 0.5) is 29.1 Å². The number of morpholine rings is 1. The molecule has 2 unspecified atom stereocenters. The summed E-state index contributed by atoms with van der Waals surface area (Å²) in [4.78, 5) is 17.7. The van der Waals surface area contributed by atoms with Gasteiger partial charge in [0.2, 0.25) is 10.0 Å². The highest BCUT2D eigenvalue weighted by molar-refractivity contribution is 7.88. The SMILES string of the molecule is CC1COCCN1c1cc(N2CCN(S(=O)(=O)Cc3ccc(F)cc3)CC2C(F)(F)F)[nH]c(=O)c1. The normalized spacial score (nSPS) is 22.4. The molecule has 2 aliphatic rings. The number of aromatic amines is 1. The summed E-state index contributed by atoms with van der Waals surface area (Å²) >= 11 is 0. The monoisotopic (exact) mass is 518 g/mol. The Hall–Kier alpha value is -2.64. The molecule has 0 saturated carbocycles. The van der Waals surface area contributed by atoms with Gasteiger partial charge in [-0.3, -0.25) is 4.79 Å². The van der Waals surface area contributed by atoms with E-state index in [1.165, 1.54) is 24.3 Å². The number of H-pyrrole nitrogens is 1. The number of alkyl halides is 3. The van der Waals surface area contributed by atoms with E-state index in [-0.39, 0.29) is 30.5 Å². The van der Waals surface area contributed by atoms with Gasteiger partial charge in [-0.25, -0.2) is 12.8 Å². The Morgan fingerprint density at radius 1 is 1.09 bits per heavy atom. The lowest BCUT2D eigenvalue weighted by Crippen LogP contribution is -2.60. The Morgan fingerprint density at radius 3 is 2.46 bits per heavy atom. The Labute approximate surface area is 200 Å². The number of anilines is 2. The first-order valence-electron chi connectivity index (χ1n) is 11.1. The van der Waals surface area contributed by atoms with Crippen LogP contribution in [0.5, 0.6) is 0 Å². The molecule has 2 atom stereocenters. The maximum Gasteiger partial charge on any atom is 0.410 e. The lowest BCUT2D eigenvalue weighted by Gasteiger charge is -2.42. The van der Waals surface area contributed by atoms with Crippen molar-refractivity contribution in [2.24, 2.45) is 0 Å². The molecule has 0 aliphatic carbocycles. The maximum atomic E-state index is 14.1. The lowest BCUT2D eigenvalue weighted by atomic mass is 10.1. The molecule has 0 radical (unpaired) electrons. The molecule has 1 N–H and O–H groups in total. The second-order valence-electron chi connectivity index (χ2n) is 8.70. The van der Waals surface area contributed by atoms with Crippen LogP contribution in [0.15, 0.2) is 41.2 Å². The highest BCUT2D eigenvalue weighted by Crippen LogP contribution is 2.33. The fourth-order valence-electron chi connectivity index (χ4n) is 4.41. The van der Waals surface area contributed by atoms with E-state index in [1.54, 1.807) is 0 Å². The third-order valence-electron chi connectivity index (χ3n) is 6.20. The molecule has 2 fully saturated rings. The predicted octanol–water partition coefficient (Wildman–Crippen LogP) is 2.32. The van der Waals surface area contributed by atoms with Crippen LogP contribution in [0.1, 0.15) is 12.5 Å². The second-order valence-corrected chi connectivity index (χ2v) is 10.7. The van der Waals surface area contributed by atoms with E-state index in [2.05, 4.69) is 4.98 Å². The average Bonchev–Trinajstić information content (AvgIpc) is 2.79. The van der Waals surface area contributed by atoms with E-state index in [9.17, 15) is 30.8 Å². The number of hydrogen-bond donors (Lipinski definition) is 1. The number of nitrogens with zero attached hydrogens (tertiary/aromatic N) is 3. The highest BCUT2D eigenvalue weighted by Gasteiger charge is 2.49. The fourth-order valence-corrected chi connectivity index (χ4v) is 5.93. The van der Waals surface area contributed by atoms with Gasteiger partial charge in [-0.05, 0) is 24.6 Å². The van der Waals surface area contributed by atoms with Crippen LogP contribution in [-0.2, 0) is 20.5 Å². The molecular weight excluding hydrogens is 492 g/mol. The second kappa shape index (κ2) is 9.78. The number of benzene rings is 1. The quantitative estimate of drug-likeness (QED) is 0.612. The Balaban J connectivity index is 1.59. The van der Waals surface area contributed by atoms with Crippen molar-refractivity contribution in [3.05, 3.63) is 58.1 Å². The lowest BCUT2D eigenvalue weighted by molar-refractivity contribution is -0.153. The zero-order valence-electron chi connectivity index (χ0n) is 19.0. The largest absolute Gasteiger partial charge is 0.410 e. The zero-order valence-corrected chi connectivity index (χ0v) is 19.8. The first kappa shape index (κ1) is 25.5. The minimum atomic E-state index is -4.76. The number of ether oxygens (including phenoxy) is 1. The summed E-state index contributed by atoms with van der Waals surface area (Å²) in [6, 6.07) is 5.36. The van der Waals surface area contributed by atoms with Gasteiger partial charge < -0.3 is 19.5 Å². The zero-order chi connectivity index (χ0) is 25.4. The van der Waals surface area contributed by atoms with Gasteiger partial charge in [0.15, 0.2) is 0 Å². The summed E-state index contributed by atoms with van der Waals surface area (Å²) in [5.41, 5.74) is 0.198. The number of hydrogen-bond acceptors (Lipinski definition) is 6. The molecule has 3 heterocycles. The Bertz CT molecular complexity index is 1200. The van der Waals surface area contributed by atoms with Crippen LogP contribution in [0.3, 0.4) is 0 Å². The minimum absolute atomic E-state index is 0.0240. The average molecular weight is 519 g/mol. The molecule has 35 heavy (non-hydrogen) atoms. The first-order valence-corrected chi connectivity index (χ1v) is 12.7. The molecule has 192 valence electrons. The van der Waals surface area contributed by atoms with Crippen LogP contribution in [0.2, 0.25) is 0 Å². The van der Waals surface area contributed by atoms with Crippen molar-refractivity contribution in [2.45, 2.75) is 30.9 Å². The van der Waals surface area contributed by atoms with Crippen molar-refractivity contribution in [1.82, 2.24) is 9.29 Å². The molecule has 2 aliphatic heterocycles. The molecule has 8 nitrogen and oxygen atoms in total. The van der Waals surface area contributed by atoms with Crippen LogP contribution in [0.25, 0.3) is 0 Å². The highest BCUT2D eigenvalue weighted by atomic mass is 32.2. The van der Waals surface area contributed by atoms with E-state index in [4.69, 9.17) is 4.74 Å². The fraction of sp³-hybridized carbons (Fsp3) is 0.500. The van der Waals surface area contributed by atoms with Gasteiger partial charge in [0.25, 0.3) is 5.56 Å². The smallest absolute Gasteiger partial charge is 0.377 e. The molecule has 4 rings (SSSR count). The third-order valence-corrected chi connectivity index (χ3v) is 8.02. The van der Waals surface area contributed by atoms with Crippen molar-refractivity contribution in [3.8, 4) is 0 Å². The number of nitrogens with one attached hydrogen (secondary N) is 1. The Morgan fingerprint density at radius 2 is 1.80 bits per heavy atom. The Kier molecular flexibility index (Phi) is 7.11. The van der Waals surface area contributed by atoms with Gasteiger partial charge in [-0.15, -0.1) is 0 Å². The first-order chi connectivity index (χ1) is 16.4. The summed E-state index contributed by atoms with van der Waals surface area (Å²) in [5.74, 6) is -1.11. The van der Waals surface area contributed by atoms with Crippen molar-refractivity contribution < 1.29 is 30.7 Å². The van der Waals surface area contributed by atoms with E-state index < -0.39 is 45.9 Å². The van der Waals surface area contributed by atoms with Crippen LogP contribution >= 0.6 is 0 Å². The number of rotatable bonds is 5.